The van der Waals surface area contributed by atoms with E-state index in [-0.39, 0.29) is 11.7 Å². The minimum absolute atomic E-state index is 0.255. The highest BCUT2D eigenvalue weighted by molar-refractivity contribution is 7.86. The second-order valence-electron chi connectivity index (χ2n) is 8.20. The number of methoxy groups -OCH3 is 1. The van der Waals surface area contributed by atoms with Crippen molar-refractivity contribution in [1.82, 2.24) is 5.32 Å². The van der Waals surface area contributed by atoms with Gasteiger partial charge in [0.2, 0.25) is 0 Å². The molecule has 1 saturated carbocycles. The Labute approximate surface area is 167 Å². The Balaban J connectivity index is 2.14. The Bertz CT molecular complexity index is 901. The number of rotatable bonds is 5. The highest BCUT2D eigenvalue weighted by Crippen LogP contribution is 2.46. The van der Waals surface area contributed by atoms with E-state index in [1.165, 1.54) is 0 Å². The molecule has 0 saturated heterocycles. The molecule has 0 bridgehead atoms. The fraction of sp³-hybridized carbons (Fsp3) is 0.571. The van der Waals surface area contributed by atoms with Crippen molar-refractivity contribution in [1.29, 1.82) is 0 Å². The quantitative estimate of drug-likeness (QED) is 0.759. The Morgan fingerprint density at radius 3 is 2.21 bits per heavy atom. The van der Waals surface area contributed by atoms with Gasteiger partial charge in [-0.05, 0) is 69.1 Å². The van der Waals surface area contributed by atoms with E-state index in [0.29, 0.717) is 30.9 Å². The number of hydrogen-bond donors (Lipinski definition) is 1. The lowest BCUT2D eigenvalue weighted by molar-refractivity contribution is -0.116. The van der Waals surface area contributed by atoms with E-state index in [2.05, 4.69) is 5.32 Å². The smallest absolute Gasteiger partial charge is 0.306 e. The topological polar surface area (TPSA) is 81.7 Å². The minimum atomic E-state index is -3.78. The van der Waals surface area contributed by atoms with Gasteiger partial charge in [-0.1, -0.05) is 17.7 Å². The molecule has 2 aliphatic rings. The molecule has 1 N–H and O–H groups in total. The van der Waals surface area contributed by atoms with Crippen LogP contribution >= 0.6 is 0 Å². The first-order chi connectivity index (χ1) is 13.1. The van der Waals surface area contributed by atoms with Gasteiger partial charge in [0, 0.05) is 13.7 Å². The Morgan fingerprint density at radius 1 is 1.14 bits per heavy atom. The van der Waals surface area contributed by atoms with Gasteiger partial charge in [0.1, 0.15) is 5.54 Å². The van der Waals surface area contributed by atoms with Crippen LogP contribution in [0.15, 0.2) is 17.9 Å². The average Bonchev–Trinajstić information content (AvgIpc) is 2.80. The van der Waals surface area contributed by atoms with E-state index in [9.17, 15) is 13.2 Å². The summed E-state index contributed by atoms with van der Waals surface area (Å²) in [4.78, 5) is 13.1. The third-order valence-corrected chi connectivity index (χ3v) is 6.23. The summed E-state index contributed by atoms with van der Waals surface area (Å²) in [6, 6.07) is 4.00. The van der Waals surface area contributed by atoms with Crippen molar-refractivity contribution in [3.05, 3.63) is 40.1 Å². The molecule has 1 aromatic carbocycles. The maximum absolute atomic E-state index is 13.1. The molecule has 154 valence electrons. The van der Waals surface area contributed by atoms with Crippen LogP contribution in [0.2, 0.25) is 0 Å². The van der Waals surface area contributed by atoms with Gasteiger partial charge >= 0.3 is 10.1 Å². The van der Waals surface area contributed by atoms with E-state index in [0.717, 1.165) is 41.4 Å². The zero-order valence-corrected chi connectivity index (χ0v) is 18.0. The SMILES string of the molecule is COCC1CCC2(CC1)NC(=O)C(c1c(C)cc(C)cc1C)=C2OS(C)(=O)=O. The zero-order valence-electron chi connectivity index (χ0n) is 17.2. The van der Waals surface area contributed by atoms with Crippen LogP contribution in [0.5, 0.6) is 0 Å². The lowest BCUT2D eigenvalue weighted by Gasteiger charge is -2.38. The summed E-state index contributed by atoms with van der Waals surface area (Å²) in [5, 5.41) is 3.08. The number of ether oxygens (including phenoxy) is 1. The first-order valence-corrected chi connectivity index (χ1v) is 11.4. The molecule has 1 aliphatic carbocycles. The first-order valence-electron chi connectivity index (χ1n) is 9.60. The number of carbonyl (C=O) groups excluding carboxylic acids is 1. The van der Waals surface area contributed by atoms with Crippen LogP contribution < -0.4 is 5.32 Å². The summed E-state index contributed by atoms with van der Waals surface area (Å²) >= 11 is 0. The number of carbonyl (C=O) groups is 1. The molecule has 0 unspecified atom stereocenters. The molecular formula is C21H29NO5S. The molecule has 1 aromatic rings. The van der Waals surface area contributed by atoms with Crippen LogP contribution in [0.3, 0.4) is 0 Å². The lowest BCUT2D eigenvalue weighted by Crippen LogP contribution is -2.48. The van der Waals surface area contributed by atoms with Gasteiger partial charge in [-0.3, -0.25) is 4.79 Å². The number of benzene rings is 1. The van der Waals surface area contributed by atoms with Crippen molar-refractivity contribution in [2.75, 3.05) is 20.0 Å². The van der Waals surface area contributed by atoms with E-state index < -0.39 is 15.7 Å². The standard InChI is InChI=1S/C21H29NO5S/c1-13-10-14(2)17(15(3)11-13)18-19(27-28(5,24)25)21(22-20(18)23)8-6-16(7-9-21)12-26-4/h10-11,16H,6-9,12H2,1-5H3,(H,22,23). The number of aryl methyl sites for hydroxylation is 3. The largest absolute Gasteiger partial charge is 0.384 e. The summed E-state index contributed by atoms with van der Waals surface area (Å²) in [5.74, 6) is 0.392. The van der Waals surface area contributed by atoms with Gasteiger partial charge in [-0.25, -0.2) is 0 Å². The summed E-state index contributed by atoms with van der Waals surface area (Å²) < 4.78 is 34.9. The third-order valence-electron chi connectivity index (χ3n) is 5.76. The van der Waals surface area contributed by atoms with Gasteiger partial charge < -0.3 is 14.2 Å². The fourth-order valence-corrected chi connectivity index (χ4v) is 5.22. The highest BCUT2D eigenvalue weighted by atomic mass is 32.2. The average molecular weight is 408 g/mol. The van der Waals surface area contributed by atoms with Crippen molar-refractivity contribution < 1.29 is 22.1 Å². The molecule has 1 fully saturated rings. The van der Waals surface area contributed by atoms with E-state index in [1.807, 2.05) is 32.9 Å². The van der Waals surface area contributed by atoms with E-state index >= 15 is 0 Å². The van der Waals surface area contributed by atoms with Gasteiger partial charge in [0.25, 0.3) is 5.91 Å². The summed E-state index contributed by atoms with van der Waals surface area (Å²) in [6.45, 7) is 6.54. The van der Waals surface area contributed by atoms with Crippen LogP contribution in [0.25, 0.3) is 5.57 Å². The maximum Gasteiger partial charge on any atom is 0.306 e. The Morgan fingerprint density at radius 2 is 1.71 bits per heavy atom. The molecule has 0 atom stereocenters. The molecule has 7 heteroatoms. The van der Waals surface area contributed by atoms with E-state index in [4.69, 9.17) is 8.92 Å². The molecule has 0 aromatic heterocycles. The second kappa shape index (κ2) is 7.52. The second-order valence-corrected chi connectivity index (χ2v) is 9.78. The molecular weight excluding hydrogens is 378 g/mol. The summed E-state index contributed by atoms with van der Waals surface area (Å²) in [7, 11) is -2.10. The molecule has 3 rings (SSSR count). The van der Waals surface area contributed by atoms with Crippen molar-refractivity contribution in [2.24, 2.45) is 5.92 Å². The highest BCUT2D eigenvalue weighted by Gasteiger charge is 2.50. The predicted molar refractivity (Wildman–Crippen MR) is 108 cm³/mol. The Hall–Kier alpha value is -1.86. The number of nitrogens with one attached hydrogen (secondary N) is 1. The summed E-state index contributed by atoms with van der Waals surface area (Å²) in [6.07, 6.45) is 3.96. The van der Waals surface area contributed by atoms with Gasteiger partial charge in [-0.15, -0.1) is 0 Å². The fourth-order valence-electron chi connectivity index (χ4n) is 4.68. The molecule has 6 nitrogen and oxygen atoms in total. The van der Waals surface area contributed by atoms with Crippen molar-refractivity contribution in [3.63, 3.8) is 0 Å². The van der Waals surface area contributed by atoms with Crippen LogP contribution in [0.4, 0.5) is 0 Å². The molecule has 1 aliphatic heterocycles. The molecule has 1 spiro atoms. The van der Waals surface area contributed by atoms with Gasteiger partial charge in [-0.2, -0.15) is 8.42 Å². The van der Waals surface area contributed by atoms with Crippen LogP contribution in [-0.4, -0.2) is 39.8 Å². The number of hydrogen-bond acceptors (Lipinski definition) is 5. The van der Waals surface area contributed by atoms with Crippen LogP contribution in [0.1, 0.15) is 47.9 Å². The van der Waals surface area contributed by atoms with Crippen molar-refractivity contribution in [2.45, 2.75) is 52.0 Å². The molecule has 1 amide bonds. The Kier molecular flexibility index (Phi) is 5.60. The van der Waals surface area contributed by atoms with Crippen molar-refractivity contribution in [3.8, 4) is 0 Å². The van der Waals surface area contributed by atoms with E-state index in [1.54, 1.807) is 7.11 Å². The summed E-state index contributed by atoms with van der Waals surface area (Å²) in [5.41, 5.74) is 3.30. The normalized spacial score (nSPS) is 25.3. The minimum Gasteiger partial charge on any atom is -0.384 e. The zero-order chi connectivity index (χ0) is 20.7. The van der Waals surface area contributed by atoms with Crippen molar-refractivity contribution >= 4 is 21.6 Å². The first kappa shape index (κ1) is 20.9. The van der Waals surface area contributed by atoms with Crippen LogP contribution in [-0.2, 0) is 23.8 Å². The van der Waals surface area contributed by atoms with Gasteiger partial charge in [0.15, 0.2) is 5.76 Å². The molecule has 0 radical (unpaired) electrons. The maximum atomic E-state index is 13.1. The number of amides is 1. The molecule has 28 heavy (non-hydrogen) atoms. The monoisotopic (exact) mass is 407 g/mol. The predicted octanol–water partition coefficient (Wildman–Crippen LogP) is 3.00. The molecule has 1 heterocycles. The third kappa shape index (κ3) is 3.96. The van der Waals surface area contributed by atoms with Gasteiger partial charge in [0.05, 0.1) is 11.8 Å². The lowest BCUT2D eigenvalue weighted by atomic mass is 9.75. The van der Waals surface area contributed by atoms with Crippen LogP contribution in [0, 0.1) is 26.7 Å².